The van der Waals surface area contributed by atoms with Crippen LogP contribution in [0, 0.1) is 6.92 Å². The monoisotopic (exact) mass is 349 g/mol. The van der Waals surface area contributed by atoms with Crippen molar-refractivity contribution < 1.29 is 0 Å². The molecule has 5 heteroatoms. The van der Waals surface area contributed by atoms with Gasteiger partial charge in [0.05, 0.1) is 6.04 Å². The summed E-state index contributed by atoms with van der Waals surface area (Å²) in [6.07, 6.45) is 1.76. The molecule has 2 N–H and O–H groups in total. The summed E-state index contributed by atoms with van der Waals surface area (Å²) < 4.78 is 0.986. The smallest absolute Gasteiger partial charge is 0.172 e. The van der Waals surface area contributed by atoms with E-state index in [1.165, 1.54) is 5.56 Å². The van der Waals surface area contributed by atoms with Gasteiger partial charge in [-0.25, -0.2) is 4.98 Å². The molecule has 0 radical (unpaired) electrons. The van der Waals surface area contributed by atoms with E-state index in [-0.39, 0.29) is 6.04 Å². The number of aromatic nitrogens is 1. The van der Waals surface area contributed by atoms with Crippen molar-refractivity contribution >= 4 is 39.1 Å². The zero-order chi connectivity index (χ0) is 14.5. The number of hydrogen-bond acceptors (Lipinski definition) is 2. The molecule has 0 saturated heterocycles. The van der Waals surface area contributed by atoms with Crippen molar-refractivity contribution in [3.05, 3.63) is 58.2 Å². The van der Waals surface area contributed by atoms with Crippen molar-refractivity contribution in [1.29, 1.82) is 0 Å². The highest BCUT2D eigenvalue weighted by molar-refractivity contribution is 9.10. The number of aryl methyl sites for hydroxylation is 1. The molecule has 0 aliphatic heterocycles. The molecular formula is C15H16BrN3S. The normalized spacial score (nSPS) is 11.8. The molecule has 0 saturated carbocycles. The first-order chi connectivity index (χ1) is 9.56. The minimum atomic E-state index is 0.146. The molecule has 0 unspecified atom stereocenters. The molecule has 0 aliphatic rings. The van der Waals surface area contributed by atoms with Gasteiger partial charge in [0.1, 0.15) is 5.82 Å². The number of benzene rings is 1. The van der Waals surface area contributed by atoms with Gasteiger partial charge in [-0.2, -0.15) is 0 Å². The highest BCUT2D eigenvalue weighted by atomic mass is 79.9. The average Bonchev–Trinajstić information content (AvgIpc) is 2.44. The maximum Gasteiger partial charge on any atom is 0.172 e. The van der Waals surface area contributed by atoms with Gasteiger partial charge in [0.15, 0.2) is 5.11 Å². The average molecular weight is 350 g/mol. The van der Waals surface area contributed by atoms with E-state index in [9.17, 15) is 0 Å². The predicted molar refractivity (Wildman–Crippen MR) is 90.9 cm³/mol. The molecule has 0 bridgehead atoms. The zero-order valence-corrected chi connectivity index (χ0v) is 13.8. The maximum atomic E-state index is 5.31. The number of halogens is 1. The Bertz CT molecular complexity index is 601. The Hall–Kier alpha value is -1.46. The standard InChI is InChI=1S/C15H16BrN3S/c1-10-8-14(17-9-13(10)16)19-15(20)18-11(2)12-6-4-3-5-7-12/h3-9,11H,1-2H3,(H2,17,18,19,20)/t11-/m1/s1. The molecule has 20 heavy (non-hydrogen) atoms. The molecule has 2 rings (SSSR count). The molecule has 0 fully saturated rings. The van der Waals surface area contributed by atoms with Crippen LogP contribution in [0.3, 0.4) is 0 Å². The topological polar surface area (TPSA) is 37.0 Å². The molecular weight excluding hydrogens is 334 g/mol. The molecule has 0 amide bonds. The van der Waals surface area contributed by atoms with Crippen LogP contribution in [0.15, 0.2) is 47.1 Å². The van der Waals surface area contributed by atoms with E-state index in [1.54, 1.807) is 6.20 Å². The third-order valence-electron chi connectivity index (χ3n) is 2.94. The number of pyridine rings is 1. The first-order valence-electron chi connectivity index (χ1n) is 6.31. The third-order valence-corrected chi connectivity index (χ3v) is 3.99. The fraction of sp³-hybridized carbons (Fsp3) is 0.200. The second kappa shape index (κ2) is 6.81. The molecule has 104 valence electrons. The highest BCUT2D eigenvalue weighted by Crippen LogP contribution is 2.17. The first kappa shape index (κ1) is 14.9. The quantitative estimate of drug-likeness (QED) is 0.814. The van der Waals surface area contributed by atoms with Crippen LogP contribution in [0.1, 0.15) is 24.1 Å². The molecule has 0 spiro atoms. The van der Waals surface area contributed by atoms with E-state index in [0.717, 1.165) is 15.9 Å². The number of nitrogens with one attached hydrogen (secondary N) is 2. The summed E-state index contributed by atoms with van der Waals surface area (Å²) in [4.78, 5) is 4.27. The summed E-state index contributed by atoms with van der Waals surface area (Å²) >= 11 is 8.74. The van der Waals surface area contributed by atoms with Gasteiger partial charge in [0.25, 0.3) is 0 Å². The van der Waals surface area contributed by atoms with Crippen LogP contribution in [0.25, 0.3) is 0 Å². The van der Waals surface area contributed by atoms with Crippen molar-refractivity contribution in [2.75, 3.05) is 5.32 Å². The second-order valence-electron chi connectivity index (χ2n) is 4.55. The van der Waals surface area contributed by atoms with Gasteiger partial charge in [-0.05, 0) is 59.2 Å². The maximum absolute atomic E-state index is 5.31. The fourth-order valence-electron chi connectivity index (χ4n) is 1.78. The van der Waals surface area contributed by atoms with E-state index in [1.807, 2.05) is 31.2 Å². The van der Waals surface area contributed by atoms with Gasteiger partial charge in [-0.15, -0.1) is 0 Å². The zero-order valence-electron chi connectivity index (χ0n) is 11.4. The van der Waals surface area contributed by atoms with Gasteiger partial charge in [-0.1, -0.05) is 30.3 Å². The molecule has 0 aliphatic carbocycles. The number of anilines is 1. The Morgan fingerprint density at radius 2 is 2.00 bits per heavy atom. The Morgan fingerprint density at radius 3 is 2.65 bits per heavy atom. The van der Waals surface area contributed by atoms with Gasteiger partial charge in [0, 0.05) is 10.7 Å². The van der Waals surface area contributed by atoms with Crippen molar-refractivity contribution in [3.8, 4) is 0 Å². The lowest BCUT2D eigenvalue weighted by molar-refractivity contribution is 0.722. The molecule has 1 aromatic carbocycles. The number of thiocarbonyl (C=S) groups is 1. The summed E-state index contributed by atoms with van der Waals surface area (Å²) in [5, 5.41) is 6.91. The molecule has 1 aromatic heterocycles. The van der Waals surface area contributed by atoms with Gasteiger partial charge < -0.3 is 10.6 Å². The largest absolute Gasteiger partial charge is 0.356 e. The van der Waals surface area contributed by atoms with Gasteiger partial charge >= 0.3 is 0 Å². The fourth-order valence-corrected chi connectivity index (χ4v) is 2.28. The Labute approximate surface area is 132 Å². The lowest BCUT2D eigenvalue weighted by Crippen LogP contribution is -2.31. The van der Waals surface area contributed by atoms with Crippen LogP contribution < -0.4 is 10.6 Å². The summed E-state index contributed by atoms with van der Waals surface area (Å²) in [5.74, 6) is 0.739. The third kappa shape index (κ3) is 4.02. The van der Waals surface area contributed by atoms with Crippen LogP contribution in [0.4, 0.5) is 5.82 Å². The molecule has 3 nitrogen and oxygen atoms in total. The lowest BCUT2D eigenvalue weighted by atomic mass is 10.1. The minimum Gasteiger partial charge on any atom is -0.356 e. The van der Waals surface area contributed by atoms with Gasteiger partial charge in [0.2, 0.25) is 0 Å². The van der Waals surface area contributed by atoms with E-state index in [2.05, 4.69) is 50.6 Å². The van der Waals surface area contributed by atoms with Crippen LogP contribution >= 0.6 is 28.1 Å². The summed E-state index contributed by atoms with van der Waals surface area (Å²) in [5.41, 5.74) is 2.30. The predicted octanol–water partition coefficient (Wildman–Crippen LogP) is 4.20. The lowest BCUT2D eigenvalue weighted by Gasteiger charge is -2.17. The number of nitrogens with zero attached hydrogens (tertiary/aromatic N) is 1. The SMILES string of the molecule is Cc1cc(NC(=S)N[C@H](C)c2ccccc2)ncc1Br. The highest BCUT2D eigenvalue weighted by Gasteiger charge is 2.07. The number of rotatable bonds is 3. The summed E-state index contributed by atoms with van der Waals surface area (Å²) in [6, 6.07) is 12.3. The second-order valence-corrected chi connectivity index (χ2v) is 5.81. The minimum absolute atomic E-state index is 0.146. The van der Waals surface area contributed by atoms with Crippen molar-refractivity contribution in [3.63, 3.8) is 0 Å². The number of hydrogen-bond donors (Lipinski definition) is 2. The summed E-state index contributed by atoms with van der Waals surface area (Å²) in [7, 11) is 0. The Kier molecular flexibility index (Phi) is 5.09. The summed E-state index contributed by atoms with van der Waals surface area (Å²) in [6.45, 7) is 4.09. The van der Waals surface area contributed by atoms with Crippen molar-refractivity contribution in [1.82, 2.24) is 10.3 Å². The molecule has 2 aromatic rings. The van der Waals surface area contributed by atoms with Crippen LogP contribution in [0.2, 0.25) is 0 Å². The van der Waals surface area contributed by atoms with Crippen LogP contribution in [0.5, 0.6) is 0 Å². The Morgan fingerprint density at radius 1 is 1.30 bits per heavy atom. The van der Waals surface area contributed by atoms with Crippen molar-refractivity contribution in [2.45, 2.75) is 19.9 Å². The van der Waals surface area contributed by atoms with E-state index >= 15 is 0 Å². The van der Waals surface area contributed by atoms with E-state index < -0.39 is 0 Å². The first-order valence-corrected chi connectivity index (χ1v) is 7.51. The van der Waals surface area contributed by atoms with E-state index in [0.29, 0.717) is 5.11 Å². The van der Waals surface area contributed by atoms with Crippen molar-refractivity contribution in [2.24, 2.45) is 0 Å². The molecule has 1 heterocycles. The molecule has 1 atom stereocenters. The van der Waals surface area contributed by atoms with Crippen LogP contribution in [-0.2, 0) is 0 Å². The Balaban J connectivity index is 1.97. The van der Waals surface area contributed by atoms with Crippen LogP contribution in [-0.4, -0.2) is 10.1 Å². The van der Waals surface area contributed by atoms with E-state index in [4.69, 9.17) is 12.2 Å². The van der Waals surface area contributed by atoms with Gasteiger partial charge in [-0.3, -0.25) is 0 Å².